The zero-order chi connectivity index (χ0) is 9.84. The third kappa shape index (κ3) is 2.56. The first-order valence-electron chi connectivity index (χ1n) is 4.34. The van der Waals surface area contributed by atoms with E-state index in [4.69, 9.17) is 11.6 Å². The van der Waals surface area contributed by atoms with Crippen LogP contribution in [-0.4, -0.2) is 6.29 Å². The molecule has 0 unspecified atom stereocenters. The Kier molecular flexibility index (Phi) is 3.49. The number of rotatable bonds is 3. The fraction of sp³-hybridized carbons (Fsp3) is 0.364. The molecule has 0 bridgehead atoms. The fourth-order valence-corrected chi connectivity index (χ4v) is 1.65. The average molecular weight is 197 g/mol. The number of benzene rings is 1. The second-order valence-corrected chi connectivity index (χ2v) is 3.64. The highest BCUT2D eigenvalue weighted by molar-refractivity contribution is 6.31. The van der Waals surface area contributed by atoms with Crippen molar-refractivity contribution >= 4 is 17.9 Å². The van der Waals surface area contributed by atoms with Crippen LogP contribution in [0.5, 0.6) is 0 Å². The topological polar surface area (TPSA) is 17.1 Å². The van der Waals surface area contributed by atoms with Gasteiger partial charge in [0, 0.05) is 11.4 Å². The van der Waals surface area contributed by atoms with Crippen LogP contribution in [0.3, 0.4) is 0 Å². The van der Waals surface area contributed by atoms with Crippen LogP contribution in [0.1, 0.15) is 23.1 Å². The Labute approximate surface area is 83.7 Å². The van der Waals surface area contributed by atoms with Gasteiger partial charge >= 0.3 is 0 Å². The maximum atomic E-state index is 10.2. The smallest absolute Gasteiger partial charge is 0.120 e. The molecule has 0 saturated heterocycles. The highest BCUT2D eigenvalue weighted by Crippen LogP contribution is 2.22. The first kappa shape index (κ1) is 10.3. The molecule has 0 aliphatic rings. The van der Waals surface area contributed by atoms with Crippen molar-refractivity contribution in [2.24, 2.45) is 0 Å². The highest BCUT2D eigenvalue weighted by Gasteiger charge is 2.03. The second kappa shape index (κ2) is 4.43. The van der Waals surface area contributed by atoms with Gasteiger partial charge in [0.05, 0.1) is 0 Å². The maximum absolute atomic E-state index is 10.2. The minimum Gasteiger partial charge on any atom is -0.303 e. The van der Waals surface area contributed by atoms with Crippen molar-refractivity contribution in [3.63, 3.8) is 0 Å². The van der Waals surface area contributed by atoms with Crippen molar-refractivity contribution in [3.8, 4) is 0 Å². The Morgan fingerprint density at radius 1 is 1.38 bits per heavy atom. The number of carbonyl (C=O) groups excluding carboxylic acids is 1. The average Bonchev–Trinajstić information content (AvgIpc) is 2.09. The van der Waals surface area contributed by atoms with Crippen LogP contribution in [0.2, 0.25) is 5.02 Å². The molecule has 0 aliphatic carbocycles. The Morgan fingerprint density at radius 2 is 2.08 bits per heavy atom. The Hall–Kier alpha value is -0.820. The standard InChI is InChI=1S/C11H13ClO/c1-8-6-10(4-3-5-13)9(2)11(12)7-8/h5-7H,3-4H2,1-2H3. The lowest BCUT2D eigenvalue weighted by Gasteiger charge is -2.07. The summed E-state index contributed by atoms with van der Waals surface area (Å²) < 4.78 is 0. The largest absolute Gasteiger partial charge is 0.303 e. The van der Waals surface area contributed by atoms with Crippen LogP contribution in [-0.2, 0) is 11.2 Å². The van der Waals surface area contributed by atoms with Crippen molar-refractivity contribution in [2.75, 3.05) is 0 Å². The number of hydrogen-bond acceptors (Lipinski definition) is 1. The Bertz CT molecular complexity index is 318. The predicted octanol–water partition coefficient (Wildman–Crippen LogP) is 3.09. The van der Waals surface area contributed by atoms with Gasteiger partial charge in [-0.3, -0.25) is 0 Å². The van der Waals surface area contributed by atoms with Crippen LogP contribution < -0.4 is 0 Å². The van der Waals surface area contributed by atoms with E-state index < -0.39 is 0 Å². The van der Waals surface area contributed by atoms with E-state index in [1.54, 1.807) is 0 Å². The van der Waals surface area contributed by atoms with E-state index >= 15 is 0 Å². The molecule has 2 heteroatoms. The van der Waals surface area contributed by atoms with E-state index in [1.807, 2.05) is 19.9 Å². The summed E-state index contributed by atoms with van der Waals surface area (Å²) in [6, 6.07) is 4.03. The molecule has 0 atom stereocenters. The zero-order valence-electron chi connectivity index (χ0n) is 7.93. The lowest BCUT2D eigenvalue weighted by molar-refractivity contribution is -0.107. The van der Waals surface area contributed by atoms with Crippen molar-refractivity contribution < 1.29 is 4.79 Å². The molecular weight excluding hydrogens is 184 g/mol. The molecule has 0 saturated carbocycles. The molecule has 0 amide bonds. The van der Waals surface area contributed by atoms with Crippen molar-refractivity contribution in [3.05, 3.63) is 33.8 Å². The SMILES string of the molecule is Cc1cc(Cl)c(C)c(CCC=O)c1. The molecule has 0 aromatic heterocycles. The first-order valence-corrected chi connectivity index (χ1v) is 4.72. The van der Waals surface area contributed by atoms with Gasteiger partial charge in [-0.25, -0.2) is 0 Å². The summed E-state index contributed by atoms with van der Waals surface area (Å²) in [5.41, 5.74) is 3.42. The molecule has 13 heavy (non-hydrogen) atoms. The summed E-state index contributed by atoms with van der Waals surface area (Å²) in [6.45, 7) is 4.00. The summed E-state index contributed by atoms with van der Waals surface area (Å²) in [7, 11) is 0. The van der Waals surface area contributed by atoms with E-state index in [0.717, 1.165) is 28.9 Å². The van der Waals surface area contributed by atoms with E-state index in [1.165, 1.54) is 5.56 Å². The van der Waals surface area contributed by atoms with Gasteiger partial charge in [0.25, 0.3) is 0 Å². The second-order valence-electron chi connectivity index (χ2n) is 3.24. The summed E-state index contributed by atoms with van der Waals surface area (Å²) in [5, 5.41) is 0.792. The van der Waals surface area contributed by atoms with Crippen LogP contribution in [0.25, 0.3) is 0 Å². The van der Waals surface area contributed by atoms with E-state index in [9.17, 15) is 4.79 Å². The van der Waals surface area contributed by atoms with E-state index in [2.05, 4.69) is 6.07 Å². The Balaban J connectivity index is 2.98. The zero-order valence-corrected chi connectivity index (χ0v) is 8.69. The van der Waals surface area contributed by atoms with Crippen LogP contribution in [0.4, 0.5) is 0 Å². The lowest BCUT2D eigenvalue weighted by Crippen LogP contribution is -1.92. The number of aldehydes is 1. The summed E-state index contributed by atoms with van der Waals surface area (Å²) >= 11 is 6.01. The third-order valence-electron chi connectivity index (χ3n) is 2.13. The van der Waals surface area contributed by atoms with Gasteiger partial charge in [-0.05, 0) is 43.0 Å². The quantitative estimate of drug-likeness (QED) is 0.679. The summed E-state index contributed by atoms with van der Waals surface area (Å²) in [6.07, 6.45) is 2.30. The van der Waals surface area contributed by atoms with Gasteiger partial charge in [0.1, 0.15) is 6.29 Å². The predicted molar refractivity (Wildman–Crippen MR) is 55.3 cm³/mol. The minimum atomic E-state index is 0.570. The van der Waals surface area contributed by atoms with E-state index in [0.29, 0.717) is 6.42 Å². The molecule has 0 spiro atoms. The van der Waals surface area contributed by atoms with Crippen molar-refractivity contribution in [1.82, 2.24) is 0 Å². The maximum Gasteiger partial charge on any atom is 0.120 e. The number of aryl methyl sites for hydroxylation is 2. The third-order valence-corrected chi connectivity index (χ3v) is 2.52. The molecule has 0 fully saturated rings. The van der Waals surface area contributed by atoms with Gasteiger partial charge < -0.3 is 4.79 Å². The molecule has 0 N–H and O–H groups in total. The molecule has 1 nitrogen and oxygen atoms in total. The fourth-order valence-electron chi connectivity index (χ4n) is 1.36. The Morgan fingerprint density at radius 3 is 2.69 bits per heavy atom. The molecule has 0 aliphatic heterocycles. The number of hydrogen-bond donors (Lipinski definition) is 0. The van der Waals surface area contributed by atoms with Gasteiger partial charge in [0.15, 0.2) is 0 Å². The molecule has 1 aromatic rings. The molecule has 1 aromatic carbocycles. The first-order chi connectivity index (χ1) is 6.15. The lowest BCUT2D eigenvalue weighted by atomic mass is 10.0. The monoisotopic (exact) mass is 196 g/mol. The van der Waals surface area contributed by atoms with Gasteiger partial charge in [-0.15, -0.1) is 0 Å². The molecule has 0 heterocycles. The summed E-state index contributed by atoms with van der Waals surface area (Å²) in [4.78, 5) is 10.2. The normalized spacial score (nSPS) is 10.1. The van der Waals surface area contributed by atoms with E-state index in [-0.39, 0.29) is 0 Å². The molecule has 70 valence electrons. The van der Waals surface area contributed by atoms with Crippen LogP contribution in [0.15, 0.2) is 12.1 Å². The molecular formula is C11H13ClO. The number of halogens is 1. The molecule has 0 radical (unpaired) electrons. The van der Waals surface area contributed by atoms with Gasteiger partial charge in [0.2, 0.25) is 0 Å². The minimum absolute atomic E-state index is 0.570. The molecule has 1 rings (SSSR count). The van der Waals surface area contributed by atoms with Gasteiger partial charge in [-0.1, -0.05) is 17.7 Å². The van der Waals surface area contributed by atoms with Crippen LogP contribution >= 0.6 is 11.6 Å². The van der Waals surface area contributed by atoms with Crippen molar-refractivity contribution in [2.45, 2.75) is 26.7 Å². The van der Waals surface area contributed by atoms with Crippen LogP contribution in [0, 0.1) is 13.8 Å². The number of carbonyl (C=O) groups is 1. The van der Waals surface area contributed by atoms with Crippen molar-refractivity contribution in [1.29, 1.82) is 0 Å². The summed E-state index contributed by atoms with van der Waals surface area (Å²) in [5.74, 6) is 0. The van der Waals surface area contributed by atoms with Gasteiger partial charge in [-0.2, -0.15) is 0 Å². The highest BCUT2D eigenvalue weighted by atomic mass is 35.5.